The van der Waals surface area contributed by atoms with E-state index in [1.807, 2.05) is 62.4 Å². The van der Waals surface area contributed by atoms with E-state index in [4.69, 9.17) is 4.74 Å². The molecule has 0 aromatic heterocycles. The Morgan fingerprint density at radius 2 is 1.84 bits per heavy atom. The molecule has 3 rings (SSSR count). The fraction of sp³-hybridized carbons (Fsp3) is 0.375. The first-order valence-corrected chi connectivity index (χ1v) is 10.4. The van der Waals surface area contributed by atoms with Gasteiger partial charge in [-0.15, -0.1) is 0 Å². The van der Waals surface area contributed by atoms with E-state index in [-0.39, 0.29) is 13.0 Å². The van der Waals surface area contributed by atoms with E-state index in [2.05, 4.69) is 5.32 Å². The number of carboxylic acids is 1. The maximum Gasteiger partial charge on any atom is 0.410 e. The Kier molecular flexibility index (Phi) is 7.28. The third-order valence-corrected chi connectivity index (χ3v) is 5.62. The van der Waals surface area contributed by atoms with E-state index >= 15 is 0 Å². The molecule has 1 aliphatic rings. The summed E-state index contributed by atoms with van der Waals surface area (Å²) < 4.78 is 5.36. The highest BCUT2D eigenvalue weighted by molar-refractivity contribution is 5.89. The topological polar surface area (TPSA) is 95.9 Å². The molecule has 1 fully saturated rings. The van der Waals surface area contributed by atoms with Gasteiger partial charge >= 0.3 is 12.1 Å². The highest BCUT2D eigenvalue weighted by Gasteiger charge is 2.36. The summed E-state index contributed by atoms with van der Waals surface area (Å²) in [6.07, 6.45) is 0.741. The molecule has 7 heteroatoms. The molecule has 2 aromatic rings. The zero-order valence-corrected chi connectivity index (χ0v) is 17.8. The lowest BCUT2D eigenvalue weighted by molar-refractivity contribution is -0.142. The number of aryl methyl sites for hydroxylation is 2. The van der Waals surface area contributed by atoms with Crippen LogP contribution in [0.5, 0.6) is 0 Å². The number of carboxylic acid groups (broad SMARTS) is 1. The van der Waals surface area contributed by atoms with Gasteiger partial charge in [0, 0.05) is 13.0 Å². The van der Waals surface area contributed by atoms with E-state index in [1.165, 1.54) is 4.90 Å². The van der Waals surface area contributed by atoms with Gasteiger partial charge in [-0.2, -0.15) is 0 Å². The molecule has 7 nitrogen and oxygen atoms in total. The number of carbonyl (C=O) groups excluding carboxylic acids is 2. The van der Waals surface area contributed by atoms with Crippen molar-refractivity contribution < 1.29 is 24.2 Å². The van der Waals surface area contributed by atoms with Crippen molar-refractivity contribution in [3.05, 3.63) is 70.8 Å². The summed E-state index contributed by atoms with van der Waals surface area (Å²) in [5.41, 5.74) is 3.88. The first-order valence-electron chi connectivity index (χ1n) is 10.4. The molecule has 2 N–H and O–H groups in total. The van der Waals surface area contributed by atoms with Crippen LogP contribution in [0.4, 0.5) is 4.79 Å². The van der Waals surface area contributed by atoms with E-state index < -0.39 is 30.1 Å². The molecule has 2 aromatic carbocycles. The van der Waals surface area contributed by atoms with Gasteiger partial charge in [0.15, 0.2) is 0 Å². The maximum absolute atomic E-state index is 12.8. The van der Waals surface area contributed by atoms with Gasteiger partial charge in [0.05, 0.1) is 0 Å². The molecule has 31 heavy (non-hydrogen) atoms. The Morgan fingerprint density at radius 1 is 1.10 bits per heavy atom. The van der Waals surface area contributed by atoms with Gasteiger partial charge in [-0.25, -0.2) is 9.59 Å². The van der Waals surface area contributed by atoms with Crippen molar-refractivity contribution in [2.45, 2.75) is 51.8 Å². The number of rotatable bonds is 7. The Morgan fingerprint density at radius 3 is 2.52 bits per heavy atom. The van der Waals surface area contributed by atoms with Crippen LogP contribution < -0.4 is 5.32 Å². The van der Waals surface area contributed by atoms with Crippen molar-refractivity contribution in [2.24, 2.45) is 0 Å². The van der Waals surface area contributed by atoms with Crippen LogP contribution in [0, 0.1) is 13.8 Å². The van der Waals surface area contributed by atoms with Gasteiger partial charge in [-0.3, -0.25) is 9.69 Å². The van der Waals surface area contributed by atoms with E-state index in [1.54, 1.807) is 0 Å². The minimum Gasteiger partial charge on any atom is -0.480 e. The second kappa shape index (κ2) is 10.1. The predicted octanol–water partition coefficient (Wildman–Crippen LogP) is 3.22. The molecule has 0 radical (unpaired) electrons. The lowest BCUT2D eigenvalue weighted by Crippen LogP contribution is -2.51. The molecular weight excluding hydrogens is 396 g/mol. The van der Waals surface area contributed by atoms with Crippen LogP contribution in [0.3, 0.4) is 0 Å². The summed E-state index contributed by atoms with van der Waals surface area (Å²) in [4.78, 5) is 38.5. The SMILES string of the molecule is Cc1ccc(C[C@@H](NC(=O)[C@H]2CCCN2C(=O)OCc2ccccc2)C(=O)O)cc1C. The first kappa shape index (κ1) is 22.3. The number of benzene rings is 2. The van der Waals surface area contributed by atoms with Crippen LogP contribution in [0.15, 0.2) is 48.5 Å². The number of ether oxygens (including phenoxy) is 1. The molecule has 2 atom stereocenters. The van der Waals surface area contributed by atoms with Gasteiger partial charge in [0.1, 0.15) is 18.7 Å². The number of amides is 2. The average molecular weight is 424 g/mol. The Bertz CT molecular complexity index is 944. The summed E-state index contributed by atoms with van der Waals surface area (Å²) in [5.74, 6) is -1.58. The van der Waals surface area contributed by atoms with Crippen LogP contribution in [0.1, 0.15) is 35.1 Å². The van der Waals surface area contributed by atoms with E-state index in [0.29, 0.717) is 19.4 Å². The zero-order valence-electron chi connectivity index (χ0n) is 17.8. The zero-order chi connectivity index (χ0) is 22.4. The second-order valence-electron chi connectivity index (χ2n) is 7.91. The first-order chi connectivity index (χ1) is 14.8. The summed E-state index contributed by atoms with van der Waals surface area (Å²) in [7, 11) is 0. The normalized spacial score (nSPS) is 16.6. The van der Waals surface area contributed by atoms with Crippen LogP contribution in [0.2, 0.25) is 0 Å². The Labute approximate surface area is 182 Å². The highest BCUT2D eigenvalue weighted by atomic mass is 16.6. The largest absolute Gasteiger partial charge is 0.480 e. The summed E-state index contributed by atoms with van der Waals surface area (Å²) in [6, 6.07) is 13.2. The Hall–Kier alpha value is -3.35. The molecule has 1 heterocycles. The monoisotopic (exact) mass is 424 g/mol. The van der Waals surface area contributed by atoms with Crippen LogP contribution in [-0.2, 0) is 27.4 Å². The van der Waals surface area contributed by atoms with E-state index in [9.17, 15) is 19.5 Å². The third-order valence-electron chi connectivity index (χ3n) is 5.62. The fourth-order valence-electron chi connectivity index (χ4n) is 3.69. The van der Waals surface area contributed by atoms with Crippen molar-refractivity contribution in [3.8, 4) is 0 Å². The molecule has 1 saturated heterocycles. The number of likely N-dealkylation sites (tertiary alicyclic amines) is 1. The van der Waals surface area contributed by atoms with Crippen molar-refractivity contribution in [1.29, 1.82) is 0 Å². The summed E-state index contributed by atoms with van der Waals surface area (Å²) in [5, 5.41) is 12.2. The smallest absolute Gasteiger partial charge is 0.410 e. The quantitative estimate of drug-likeness (QED) is 0.712. The van der Waals surface area contributed by atoms with Gasteiger partial charge in [-0.1, -0.05) is 48.5 Å². The minimum atomic E-state index is -1.11. The number of nitrogens with zero attached hydrogens (tertiary/aromatic N) is 1. The van der Waals surface area contributed by atoms with Gasteiger partial charge in [-0.05, 0) is 48.9 Å². The van der Waals surface area contributed by atoms with Crippen molar-refractivity contribution in [1.82, 2.24) is 10.2 Å². The van der Waals surface area contributed by atoms with Crippen LogP contribution in [0.25, 0.3) is 0 Å². The standard InChI is InChI=1S/C24H28N2O5/c1-16-10-11-19(13-17(16)2)14-20(23(28)29)25-22(27)21-9-6-12-26(21)24(30)31-15-18-7-4-3-5-8-18/h3-5,7-8,10-11,13,20-21H,6,9,12,14-15H2,1-2H3,(H,25,27)(H,28,29)/t20-,21-/m1/s1. The van der Waals surface area contributed by atoms with E-state index in [0.717, 1.165) is 22.3 Å². The molecule has 0 bridgehead atoms. The van der Waals surface area contributed by atoms with Crippen LogP contribution in [-0.4, -0.2) is 46.6 Å². The number of hydrogen-bond acceptors (Lipinski definition) is 4. The molecule has 164 valence electrons. The van der Waals surface area contributed by atoms with Crippen molar-refractivity contribution >= 4 is 18.0 Å². The predicted molar refractivity (Wildman–Crippen MR) is 116 cm³/mol. The molecule has 0 saturated carbocycles. The molecule has 0 aliphatic carbocycles. The lowest BCUT2D eigenvalue weighted by atomic mass is 10.0. The number of aliphatic carboxylic acids is 1. The van der Waals surface area contributed by atoms with Crippen LogP contribution >= 0.6 is 0 Å². The molecule has 0 spiro atoms. The third kappa shape index (κ3) is 5.84. The summed E-state index contributed by atoms with van der Waals surface area (Å²) in [6.45, 7) is 4.47. The molecular formula is C24H28N2O5. The molecule has 0 unspecified atom stereocenters. The van der Waals surface area contributed by atoms with Gasteiger partial charge in [0.25, 0.3) is 0 Å². The lowest BCUT2D eigenvalue weighted by Gasteiger charge is -2.25. The van der Waals surface area contributed by atoms with Gasteiger partial charge in [0.2, 0.25) is 5.91 Å². The Balaban J connectivity index is 1.61. The number of carbonyl (C=O) groups is 3. The molecule has 2 amide bonds. The second-order valence-corrected chi connectivity index (χ2v) is 7.91. The molecule has 1 aliphatic heterocycles. The fourth-order valence-corrected chi connectivity index (χ4v) is 3.69. The number of hydrogen-bond donors (Lipinski definition) is 2. The van der Waals surface area contributed by atoms with Gasteiger partial charge < -0.3 is 15.2 Å². The highest BCUT2D eigenvalue weighted by Crippen LogP contribution is 2.20. The van der Waals surface area contributed by atoms with Crippen molar-refractivity contribution in [3.63, 3.8) is 0 Å². The maximum atomic E-state index is 12.8. The average Bonchev–Trinajstić information content (AvgIpc) is 3.25. The summed E-state index contributed by atoms with van der Waals surface area (Å²) >= 11 is 0. The number of nitrogens with one attached hydrogen (secondary N) is 1. The van der Waals surface area contributed by atoms with Crippen molar-refractivity contribution in [2.75, 3.05) is 6.54 Å². The minimum absolute atomic E-state index is 0.120.